The molecule has 0 aliphatic rings. The van der Waals surface area contributed by atoms with Crippen molar-refractivity contribution >= 4 is 23.1 Å². The number of para-hydroxylation sites is 1. The van der Waals surface area contributed by atoms with Gasteiger partial charge < -0.3 is 10.5 Å². The van der Waals surface area contributed by atoms with E-state index in [-0.39, 0.29) is 6.04 Å². The molecule has 0 saturated carbocycles. The van der Waals surface area contributed by atoms with Gasteiger partial charge in [0.25, 0.3) is 0 Å². The molecule has 1 atom stereocenters. The Kier molecular flexibility index (Phi) is 5.18. The normalized spacial score (nSPS) is 12.4. The van der Waals surface area contributed by atoms with Crippen LogP contribution in [-0.4, -0.2) is 22.6 Å². The van der Waals surface area contributed by atoms with Crippen molar-refractivity contribution in [3.8, 4) is 5.75 Å². The van der Waals surface area contributed by atoms with Gasteiger partial charge in [-0.25, -0.2) is 0 Å². The van der Waals surface area contributed by atoms with E-state index in [1.54, 1.807) is 23.1 Å². The number of hydrogen-bond acceptors (Lipinski definition) is 6. The van der Waals surface area contributed by atoms with E-state index < -0.39 is 0 Å². The third-order valence-corrected chi connectivity index (χ3v) is 4.60. The Hall–Kier alpha value is -1.11. The van der Waals surface area contributed by atoms with E-state index in [2.05, 4.69) is 10.2 Å². The van der Waals surface area contributed by atoms with Crippen LogP contribution < -0.4 is 10.5 Å². The van der Waals surface area contributed by atoms with Crippen molar-refractivity contribution in [1.82, 2.24) is 10.2 Å². The van der Waals surface area contributed by atoms with Gasteiger partial charge in [-0.15, -0.1) is 10.2 Å². The van der Waals surface area contributed by atoms with Crippen molar-refractivity contribution in [2.45, 2.75) is 24.2 Å². The molecule has 1 heterocycles. The maximum atomic E-state index is 6.24. The average Bonchev–Trinajstić information content (AvgIpc) is 2.83. The summed E-state index contributed by atoms with van der Waals surface area (Å²) in [5.41, 5.74) is 7.28. The predicted molar refractivity (Wildman–Crippen MR) is 79.9 cm³/mol. The molecule has 0 aliphatic heterocycles. The lowest BCUT2D eigenvalue weighted by atomic mass is 10.1. The highest BCUT2D eigenvalue weighted by Crippen LogP contribution is 2.29. The molecule has 1 aromatic carbocycles. The van der Waals surface area contributed by atoms with Crippen LogP contribution in [0, 0.1) is 6.92 Å². The molecule has 2 aromatic rings. The molecule has 0 fully saturated rings. The van der Waals surface area contributed by atoms with Crippen molar-refractivity contribution < 1.29 is 4.74 Å². The summed E-state index contributed by atoms with van der Waals surface area (Å²) in [5.74, 6) is 1.63. The third kappa shape index (κ3) is 3.92. The molecule has 0 saturated heterocycles. The van der Waals surface area contributed by atoms with Gasteiger partial charge in [-0.2, -0.15) is 0 Å². The zero-order valence-electron chi connectivity index (χ0n) is 11.0. The number of ether oxygens (including phenoxy) is 1. The summed E-state index contributed by atoms with van der Waals surface area (Å²) in [7, 11) is 0. The summed E-state index contributed by atoms with van der Waals surface area (Å²) in [5, 5.41) is 9.06. The predicted octanol–water partition coefficient (Wildman–Crippen LogP) is 3.04. The van der Waals surface area contributed by atoms with Gasteiger partial charge in [0, 0.05) is 17.4 Å². The van der Waals surface area contributed by atoms with Crippen LogP contribution in [0.2, 0.25) is 0 Å². The molecule has 19 heavy (non-hydrogen) atoms. The van der Waals surface area contributed by atoms with E-state index in [0.717, 1.165) is 26.4 Å². The number of thioether (sulfide) groups is 1. The smallest absolute Gasteiger partial charge is 0.174 e. The van der Waals surface area contributed by atoms with E-state index in [9.17, 15) is 0 Å². The minimum atomic E-state index is -0.0723. The molecule has 6 heteroatoms. The van der Waals surface area contributed by atoms with Crippen molar-refractivity contribution in [3.05, 3.63) is 34.8 Å². The Morgan fingerprint density at radius 2 is 2.16 bits per heavy atom. The highest BCUT2D eigenvalue weighted by molar-refractivity contribution is 8.01. The fourth-order valence-electron chi connectivity index (χ4n) is 1.66. The molecule has 4 nitrogen and oxygen atoms in total. The Labute approximate surface area is 121 Å². The van der Waals surface area contributed by atoms with Crippen LogP contribution in [0.25, 0.3) is 0 Å². The van der Waals surface area contributed by atoms with Crippen LogP contribution >= 0.6 is 23.1 Å². The number of nitrogens with zero attached hydrogens (tertiary/aromatic N) is 2. The summed E-state index contributed by atoms with van der Waals surface area (Å²) in [6, 6.07) is 7.84. The summed E-state index contributed by atoms with van der Waals surface area (Å²) in [6.45, 7) is 4.57. The lowest BCUT2D eigenvalue weighted by Crippen LogP contribution is -2.14. The number of hydrogen-bond donors (Lipinski definition) is 1. The number of aromatic nitrogens is 2. The van der Waals surface area contributed by atoms with Gasteiger partial charge in [-0.05, 0) is 19.9 Å². The summed E-state index contributed by atoms with van der Waals surface area (Å²) >= 11 is 3.23. The van der Waals surface area contributed by atoms with Gasteiger partial charge in [0.05, 0.1) is 6.61 Å². The maximum absolute atomic E-state index is 6.24. The molecule has 2 N–H and O–H groups in total. The van der Waals surface area contributed by atoms with Crippen LogP contribution in [0.1, 0.15) is 23.5 Å². The first kappa shape index (κ1) is 14.3. The van der Waals surface area contributed by atoms with Crippen LogP contribution in [0.3, 0.4) is 0 Å². The fourth-order valence-corrected chi connectivity index (χ4v) is 3.48. The number of nitrogens with two attached hydrogens (primary N) is 1. The molecule has 1 aromatic heterocycles. The highest BCUT2D eigenvalue weighted by atomic mass is 32.2. The lowest BCUT2D eigenvalue weighted by Gasteiger charge is -2.15. The molecular formula is C13H17N3OS2. The fraction of sp³-hybridized carbons (Fsp3) is 0.385. The molecular weight excluding hydrogens is 278 g/mol. The van der Waals surface area contributed by atoms with Crippen LogP contribution in [0.5, 0.6) is 5.75 Å². The molecule has 102 valence electrons. The molecule has 0 spiro atoms. The van der Waals surface area contributed by atoms with Crippen molar-refractivity contribution in [2.75, 3.05) is 12.4 Å². The van der Waals surface area contributed by atoms with Crippen LogP contribution in [-0.2, 0) is 0 Å². The molecule has 0 aliphatic carbocycles. The molecule has 1 unspecified atom stereocenters. The van der Waals surface area contributed by atoms with Crippen LogP contribution in [0.4, 0.5) is 0 Å². The van der Waals surface area contributed by atoms with E-state index in [1.807, 2.05) is 38.1 Å². The summed E-state index contributed by atoms with van der Waals surface area (Å²) in [4.78, 5) is 0. The van der Waals surface area contributed by atoms with Crippen LogP contribution in [0.15, 0.2) is 28.6 Å². The van der Waals surface area contributed by atoms with Gasteiger partial charge in [-0.3, -0.25) is 0 Å². The SMILES string of the molecule is CCOc1ccccc1C(N)CSc1nnc(C)s1. The van der Waals surface area contributed by atoms with Gasteiger partial charge in [-0.1, -0.05) is 41.3 Å². The van der Waals surface area contributed by atoms with E-state index in [4.69, 9.17) is 10.5 Å². The number of benzene rings is 1. The van der Waals surface area contributed by atoms with Crippen molar-refractivity contribution in [3.63, 3.8) is 0 Å². The summed E-state index contributed by atoms with van der Waals surface area (Å²) < 4.78 is 6.56. The largest absolute Gasteiger partial charge is 0.494 e. The number of rotatable bonds is 6. The molecule has 0 bridgehead atoms. The zero-order chi connectivity index (χ0) is 13.7. The first-order chi connectivity index (χ1) is 9.20. The second-order valence-corrected chi connectivity index (χ2v) is 6.42. The summed E-state index contributed by atoms with van der Waals surface area (Å²) in [6.07, 6.45) is 0. The molecule has 2 rings (SSSR count). The lowest BCUT2D eigenvalue weighted by molar-refractivity contribution is 0.335. The van der Waals surface area contributed by atoms with E-state index >= 15 is 0 Å². The quantitative estimate of drug-likeness (QED) is 0.830. The second kappa shape index (κ2) is 6.88. The van der Waals surface area contributed by atoms with Gasteiger partial charge in [0.2, 0.25) is 0 Å². The minimum Gasteiger partial charge on any atom is -0.494 e. The first-order valence-corrected chi connectivity index (χ1v) is 7.91. The minimum absolute atomic E-state index is 0.0723. The van der Waals surface area contributed by atoms with E-state index in [1.165, 1.54) is 0 Å². The zero-order valence-corrected chi connectivity index (χ0v) is 12.6. The van der Waals surface area contributed by atoms with E-state index in [0.29, 0.717) is 6.61 Å². The Bertz CT molecular complexity index is 530. The Morgan fingerprint density at radius 3 is 2.84 bits per heavy atom. The first-order valence-electron chi connectivity index (χ1n) is 6.11. The highest BCUT2D eigenvalue weighted by Gasteiger charge is 2.13. The Morgan fingerprint density at radius 1 is 1.37 bits per heavy atom. The molecule has 0 radical (unpaired) electrons. The standard InChI is InChI=1S/C13H17N3OS2/c1-3-17-12-7-5-4-6-10(12)11(14)8-18-13-16-15-9(2)19-13/h4-7,11H,3,8,14H2,1-2H3. The average molecular weight is 295 g/mol. The third-order valence-electron chi connectivity index (χ3n) is 2.51. The second-order valence-electron chi connectivity index (χ2n) is 3.98. The van der Waals surface area contributed by atoms with Crippen molar-refractivity contribution in [1.29, 1.82) is 0 Å². The maximum Gasteiger partial charge on any atom is 0.174 e. The van der Waals surface area contributed by atoms with Crippen molar-refractivity contribution in [2.24, 2.45) is 5.73 Å². The molecule has 0 amide bonds. The van der Waals surface area contributed by atoms with Gasteiger partial charge in [0.15, 0.2) is 4.34 Å². The monoisotopic (exact) mass is 295 g/mol. The number of aryl methyl sites for hydroxylation is 1. The topological polar surface area (TPSA) is 61.0 Å². The van der Waals surface area contributed by atoms with Gasteiger partial charge >= 0.3 is 0 Å². The van der Waals surface area contributed by atoms with Gasteiger partial charge in [0.1, 0.15) is 10.8 Å². The Balaban J connectivity index is 2.01.